The SMILES string of the molecule is CS(=O)(=O)n1cc(C([OH2+])=NC(=N)C2(c3ccc(-c4cnc(N)nc4)cc3)CCC2)cn1. The monoisotopic (exact) mass is 440 g/mol. The van der Waals surface area contributed by atoms with Gasteiger partial charge in [0.05, 0.1) is 24.1 Å². The summed E-state index contributed by atoms with van der Waals surface area (Å²) in [4.78, 5) is 12.2. The van der Waals surface area contributed by atoms with Gasteiger partial charge in [-0.05, 0) is 24.0 Å². The molecule has 0 radical (unpaired) electrons. The molecule has 0 aliphatic heterocycles. The lowest BCUT2D eigenvalue weighted by Crippen LogP contribution is -2.41. The molecule has 10 nitrogen and oxygen atoms in total. The Kier molecular flexibility index (Phi) is 5.05. The number of rotatable bonds is 5. The third-order valence-corrected chi connectivity index (χ3v) is 6.38. The van der Waals surface area contributed by atoms with Crippen molar-refractivity contribution in [2.24, 2.45) is 4.99 Å². The number of aliphatic imine (C=N–C) groups is 1. The lowest BCUT2D eigenvalue weighted by atomic mass is 9.63. The standard InChI is InChI=1S/C20H21N7O3S/c1-31(29,30)27-12-15(11-25-27)17(28)26-18(21)20(7-2-8-20)16-5-3-13(4-6-16)14-9-23-19(22)24-10-14/h3-6,9-12H,2,7-8H2,1H3,(H2,21,26,28)(H2,22,23,24)/p+1. The van der Waals surface area contributed by atoms with Crippen molar-refractivity contribution in [3.05, 3.63) is 60.2 Å². The van der Waals surface area contributed by atoms with E-state index in [4.69, 9.17) is 16.2 Å². The summed E-state index contributed by atoms with van der Waals surface area (Å²) in [5, 5.41) is 20.6. The summed E-state index contributed by atoms with van der Waals surface area (Å²) < 4.78 is 23.9. The molecule has 1 aromatic carbocycles. The lowest BCUT2D eigenvalue weighted by Gasteiger charge is -2.41. The topological polar surface area (TPSA) is 163 Å². The van der Waals surface area contributed by atoms with Crippen molar-refractivity contribution in [1.82, 2.24) is 19.2 Å². The first-order chi connectivity index (χ1) is 14.7. The first-order valence-corrected chi connectivity index (χ1v) is 11.4. The second-order valence-corrected chi connectivity index (χ2v) is 9.36. The zero-order chi connectivity index (χ0) is 22.2. The summed E-state index contributed by atoms with van der Waals surface area (Å²) in [6, 6.07) is 7.80. The van der Waals surface area contributed by atoms with Gasteiger partial charge in [0.25, 0.3) is 10.0 Å². The summed E-state index contributed by atoms with van der Waals surface area (Å²) >= 11 is 0. The Hall–Kier alpha value is -3.60. The van der Waals surface area contributed by atoms with Gasteiger partial charge in [0, 0.05) is 18.0 Å². The van der Waals surface area contributed by atoms with Crippen molar-refractivity contribution in [2.75, 3.05) is 12.0 Å². The van der Waals surface area contributed by atoms with Crippen molar-refractivity contribution in [3.63, 3.8) is 0 Å². The Balaban J connectivity index is 1.59. The van der Waals surface area contributed by atoms with Gasteiger partial charge in [-0.25, -0.2) is 18.4 Å². The van der Waals surface area contributed by atoms with Gasteiger partial charge in [-0.3, -0.25) is 5.41 Å². The first-order valence-electron chi connectivity index (χ1n) is 9.52. The molecular weight excluding hydrogens is 418 g/mol. The van der Waals surface area contributed by atoms with Crippen LogP contribution in [0.5, 0.6) is 0 Å². The number of nitrogens with one attached hydrogen (secondary N) is 1. The summed E-state index contributed by atoms with van der Waals surface area (Å²) in [7, 11) is -3.54. The van der Waals surface area contributed by atoms with Crippen molar-refractivity contribution < 1.29 is 13.5 Å². The minimum Gasteiger partial charge on any atom is -0.578 e. The molecule has 160 valence electrons. The molecule has 0 saturated heterocycles. The van der Waals surface area contributed by atoms with Gasteiger partial charge in [0.2, 0.25) is 5.95 Å². The fourth-order valence-electron chi connectivity index (χ4n) is 3.55. The number of aromatic nitrogens is 4. The average molecular weight is 441 g/mol. The van der Waals surface area contributed by atoms with Gasteiger partial charge in [0.15, 0.2) is 0 Å². The number of anilines is 1. The summed E-state index contributed by atoms with van der Waals surface area (Å²) in [5.41, 5.74) is 7.94. The molecule has 0 amide bonds. The van der Waals surface area contributed by atoms with E-state index in [0.29, 0.717) is 0 Å². The van der Waals surface area contributed by atoms with Crippen LogP contribution in [0.2, 0.25) is 0 Å². The van der Waals surface area contributed by atoms with Crippen LogP contribution >= 0.6 is 0 Å². The van der Waals surface area contributed by atoms with Gasteiger partial charge in [-0.1, -0.05) is 30.7 Å². The van der Waals surface area contributed by atoms with E-state index in [-0.39, 0.29) is 23.2 Å². The minimum atomic E-state index is -3.54. The molecule has 31 heavy (non-hydrogen) atoms. The molecular formula is C20H22N7O3S+. The van der Waals surface area contributed by atoms with Crippen molar-refractivity contribution in [3.8, 4) is 11.1 Å². The van der Waals surface area contributed by atoms with Crippen LogP contribution in [-0.2, 0) is 15.4 Å². The number of nitrogen functional groups attached to an aromatic ring is 1. The maximum Gasteiger partial charge on any atom is 0.369 e. The second-order valence-electron chi connectivity index (χ2n) is 7.52. The van der Waals surface area contributed by atoms with Crippen molar-refractivity contribution in [1.29, 1.82) is 5.41 Å². The molecule has 2 aromatic heterocycles. The predicted molar refractivity (Wildman–Crippen MR) is 118 cm³/mol. The van der Waals surface area contributed by atoms with Crippen LogP contribution in [0.3, 0.4) is 0 Å². The van der Waals surface area contributed by atoms with Gasteiger partial charge < -0.3 is 10.8 Å². The predicted octanol–water partition coefficient (Wildman–Crippen LogP) is 1.30. The van der Waals surface area contributed by atoms with Gasteiger partial charge in [-0.15, -0.1) is 4.99 Å². The Morgan fingerprint density at radius 3 is 2.32 bits per heavy atom. The molecule has 2 heterocycles. The molecule has 0 unspecified atom stereocenters. The zero-order valence-corrected chi connectivity index (χ0v) is 17.6. The summed E-state index contributed by atoms with van der Waals surface area (Å²) in [6.45, 7) is 0. The van der Waals surface area contributed by atoms with E-state index in [1.54, 1.807) is 12.4 Å². The van der Waals surface area contributed by atoms with E-state index >= 15 is 0 Å². The normalized spacial score (nSPS) is 16.0. The molecule has 3 aromatic rings. The maximum absolute atomic E-state index is 11.6. The van der Waals surface area contributed by atoms with Crippen LogP contribution in [0.25, 0.3) is 11.1 Å². The highest BCUT2D eigenvalue weighted by atomic mass is 32.2. The number of benzene rings is 1. The molecule has 0 atom stereocenters. The quantitative estimate of drug-likeness (QED) is 0.345. The van der Waals surface area contributed by atoms with E-state index < -0.39 is 15.4 Å². The van der Waals surface area contributed by atoms with E-state index in [2.05, 4.69) is 20.1 Å². The summed E-state index contributed by atoms with van der Waals surface area (Å²) in [5.74, 6) is 0.106. The smallest absolute Gasteiger partial charge is 0.369 e. The summed E-state index contributed by atoms with van der Waals surface area (Å²) in [6.07, 6.45) is 9.31. The van der Waals surface area contributed by atoms with Gasteiger partial charge in [0.1, 0.15) is 11.4 Å². The molecule has 4 rings (SSSR count). The van der Waals surface area contributed by atoms with E-state index in [9.17, 15) is 8.42 Å². The number of amidine groups is 1. The second kappa shape index (κ2) is 7.58. The zero-order valence-electron chi connectivity index (χ0n) is 16.8. The molecule has 5 N–H and O–H groups in total. The highest BCUT2D eigenvalue weighted by Gasteiger charge is 2.43. The Bertz CT molecular complexity index is 1260. The van der Waals surface area contributed by atoms with Gasteiger partial charge >= 0.3 is 5.90 Å². The fraction of sp³-hybridized carbons (Fsp3) is 0.250. The maximum atomic E-state index is 11.6. The van der Waals surface area contributed by atoms with E-state index in [1.165, 1.54) is 12.4 Å². The average Bonchev–Trinajstić information content (AvgIpc) is 3.19. The van der Waals surface area contributed by atoms with E-state index in [0.717, 1.165) is 46.3 Å². The number of nitrogens with two attached hydrogens (primary N) is 1. The highest BCUT2D eigenvalue weighted by Crippen LogP contribution is 2.45. The third-order valence-electron chi connectivity index (χ3n) is 5.50. The van der Waals surface area contributed by atoms with Crippen molar-refractivity contribution in [2.45, 2.75) is 24.7 Å². The third kappa shape index (κ3) is 3.91. The number of hydrogen-bond donors (Lipinski definition) is 2. The first kappa shape index (κ1) is 20.7. The molecule has 1 aliphatic carbocycles. The Labute approximate surface area is 179 Å². The van der Waals surface area contributed by atoms with Crippen LogP contribution in [0.4, 0.5) is 5.95 Å². The van der Waals surface area contributed by atoms with Crippen LogP contribution in [-0.4, -0.2) is 50.7 Å². The Morgan fingerprint density at radius 2 is 1.81 bits per heavy atom. The number of nitrogens with zero attached hydrogens (tertiary/aromatic N) is 5. The van der Waals surface area contributed by atoms with Crippen LogP contribution in [0, 0.1) is 5.41 Å². The van der Waals surface area contributed by atoms with Crippen LogP contribution in [0.15, 0.2) is 54.0 Å². The molecule has 1 saturated carbocycles. The largest absolute Gasteiger partial charge is 0.578 e. The molecule has 1 aliphatic rings. The molecule has 1 fully saturated rings. The molecule has 11 heteroatoms. The van der Waals surface area contributed by atoms with Gasteiger partial charge in [-0.2, -0.15) is 9.19 Å². The van der Waals surface area contributed by atoms with Crippen molar-refractivity contribution >= 4 is 27.7 Å². The fourth-order valence-corrected chi connectivity index (χ4v) is 4.08. The lowest BCUT2D eigenvalue weighted by molar-refractivity contribution is 0.336. The van der Waals surface area contributed by atoms with Crippen LogP contribution in [0.1, 0.15) is 30.4 Å². The highest BCUT2D eigenvalue weighted by molar-refractivity contribution is 7.89. The Morgan fingerprint density at radius 1 is 1.16 bits per heavy atom. The van der Waals surface area contributed by atoms with E-state index in [1.807, 2.05) is 24.3 Å². The van der Waals surface area contributed by atoms with Crippen LogP contribution < -0.4 is 5.73 Å². The number of hydrogen-bond acceptors (Lipinski definition) is 7. The minimum absolute atomic E-state index is 0.0828. The molecule has 0 spiro atoms. The molecule has 0 bridgehead atoms.